The Morgan fingerprint density at radius 3 is 2.91 bits per heavy atom. The zero-order valence-electron chi connectivity index (χ0n) is 12.5. The van der Waals surface area contributed by atoms with Crippen molar-refractivity contribution in [3.63, 3.8) is 0 Å². The van der Waals surface area contributed by atoms with Crippen LogP contribution < -0.4 is 0 Å². The average Bonchev–Trinajstić information content (AvgIpc) is 3.22. The predicted molar refractivity (Wildman–Crippen MR) is 91.0 cm³/mol. The third kappa shape index (κ3) is 2.30. The van der Waals surface area contributed by atoms with Gasteiger partial charge in [0.25, 0.3) is 0 Å². The number of aromatic nitrogens is 4. The summed E-state index contributed by atoms with van der Waals surface area (Å²) < 4.78 is 4.34. The Balaban J connectivity index is 1.53. The maximum atomic E-state index is 6.01. The highest BCUT2D eigenvalue weighted by Crippen LogP contribution is 2.40. The second kappa shape index (κ2) is 4.83. The van der Waals surface area contributed by atoms with Gasteiger partial charge in [0.1, 0.15) is 10.7 Å². The van der Waals surface area contributed by atoms with Gasteiger partial charge in [0.2, 0.25) is 0 Å². The Morgan fingerprint density at radius 1 is 1.13 bits per heavy atom. The second-order valence-electron chi connectivity index (χ2n) is 6.29. The van der Waals surface area contributed by atoms with Gasteiger partial charge in [0.05, 0.1) is 24.6 Å². The minimum Gasteiger partial charge on any atom is -0.326 e. The molecule has 1 fully saturated rings. The second-order valence-corrected chi connectivity index (χ2v) is 6.67. The number of nitrogens with zero attached hydrogens (tertiary/aromatic N) is 4. The molecule has 0 amide bonds. The summed E-state index contributed by atoms with van der Waals surface area (Å²) in [6, 6.07) is 8.56. The van der Waals surface area contributed by atoms with Crippen LogP contribution in [0.3, 0.4) is 0 Å². The molecule has 0 aromatic carbocycles. The molecule has 0 unspecified atom stereocenters. The molecule has 1 aliphatic carbocycles. The maximum absolute atomic E-state index is 6.01. The SMILES string of the molecule is Clc1cc2c(cn1)ncn2Cc1cc2ccc(C3CC3)cn2c1. The highest BCUT2D eigenvalue weighted by atomic mass is 35.5. The molecule has 0 N–H and O–H groups in total. The first-order valence-corrected chi connectivity index (χ1v) is 8.21. The van der Waals surface area contributed by atoms with Crippen molar-refractivity contribution in [3.05, 3.63) is 65.5 Å². The monoisotopic (exact) mass is 322 g/mol. The van der Waals surface area contributed by atoms with Crippen LogP contribution in [-0.2, 0) is 6.54 Å². The maximum Gasteiger partial charge on any atom is 0.131 e. The third-order valence-corrected chi connectivity index (χ3v) is 4.75. The summed E-state index contributed by atoms with van der Waals surface area (Å²) in [4.78, 5) is 8.47. The first-order chi connectivity index (χ1) is 11.3. The van der Waals surface area contributed by atoms with Crippen molar-refractivity contribution in [3.8, 4) is 0 Å². The van der Waals surface area contributed by atoms with Gasteiger partial charge in [-0.15, -0.1) is 0 Å². The van der Waals surface area contributed by atoms with Crippen LogP contribution in [0.1, 0.15) is 29.9 Å². The highest BCUT2D eigenvalue weighted by molar-refractivity contribution is 6.29. The third-order valence-electron chi connectivity index (χ3n) is 4.55. The van der Waals surface area contributed by atoms with E-state index < -0.39 is 0 Å². The van der Waals surface area contributed by atoms with E-state index in [9.17, 15) is 0 Å². The van der Waals surface area contributed by atoms with Crippen molar-refractivity contribution in [1.82, 2.24) is 18.9 Å². The molecule has 4 heterocycles. The number of halogens is 1. The molecule has 1 aliphatic rings. The Hall–Kier alpha value is -2.33. The van der Waals surface area contributed by atoms with Gasteiger partial charge in [0.15, 0.2) is 0 Å². The van der Waals surface area contributed by atoms with Crippen LogP contribution in [0.2, 0.25) is 5.15 Å². The molecule has 4 aromatic heterocycles. The lowest BCUT2D eigenvalue weighted by Crippen LogP contribution is -1.96. The molecule has 0 bridgehead atoms. The van der Waals surface area contributed by atoms with Gasteiger partial charge >= 0.3 is 0 Å². The minimum absolute atomic E-state index is 0.496. The van der Waals surface area contributed by atoms with E-state index in [2.05, 4.69) is 49.5 Å². The molecule has 0 atom stereocenters. The molecule has 0 aliphatic heterocycles. The molecule has 4 aromatic rings. The van der Waals surface area contributed by atoms with Gasteiger partial charge in [-0.3, -0.25) is 0 Å². The molecule has 5 rings (SSSR count). The average molecular weight is 323 g/mol. The van der Waals surface area contributed by atoms with E-state index in [4.69, 9.17) is 11.6 Å². The van der Waals surface area contributed by atoms with Gasteiger partial charge in [-0.25, -0.2) is 9.97 Å². The summed E-state index contributed by atoms with van der Waals surface area (Å²) in [5.41, 5.74) is 5.82. The van der Waals surface area contributed by atoms with Crippen molar-refractivity contribution in [1.29, 1.82) is 0 Å². The van der Waals surface area contributed by atoms with Crippen molar-refractivity contribution in [2.75, 3.05) is 0 Å². The van der Waals surface area contributed by atoms with Crippen LogP contribution in [-0.4, -0.2) is 18.9 Å². The summed E-state index contributed by atoms with van der Waals surface area (Å²) in [6.07, 6.45) is 10.7. The van der Waals surface area contributed by atoms with Crippen LogP contribution in [0.4, 0.5) is 0 Å². The molecular weight excluding hydrogens is 308 g/mol. The number of imidazole rings is 1. The number of hydrogen-bond donors (Lipinski definition) is 0. The van der Waals surface area contributed by atoms with E-state index in [-0.39, 0.29) is 0 Å². The topological polar surface area (TPSA) is 35.1 Å². The number of pyridine rings is 2. The molecular formula is C18H15ClN4. The highest BCUT2D eigenvalue weighted by Gasteiger charge is 2.23. The van der Waals surface area contributed by atoms with E-state index in [0.717, 1.165) is 23.5 Å². The van der Waals surface area contributed by atoms with E-state index in [1.807, 2.05) is 12.4 Å². The fourth-order valence-electron chi connectivity index (χ4n) is 3.19. The van der Waals surface area contributed by atoms with Gasteiger partial charge in [-0.2, -0.15) is 0 Å². The van der Waals surface area contributed by atoms with E-state index in [1.54, 1.807) is 6.20 Å². The lowest BCUT2D eigenvalue weighted by Gasteiger charge is -2.02. The molecule has 5 heteroatoms. The van der Waals surface area contributed by atoms with Crippen molar-refractivity contribution in [2.45, 2.75) is 25.3 Å². The molecule has 4 nitrogen and oxygen atoms in total. The molecule has 0 saturated heterocycles. The van der Waals surface area contributed by atoms with E-state index >= 15 is 0 Å². The minimum atomic E-state index is 0.496. The zero-order valence-corrected chi connectivity index (χ0v) is 13.2. The van der Waals surface area contributed by atoms with Gasteiger partial charge in [-0.05, 0) is 42.0 Å². The van der Waals surface area contributed by atoms with Gasteiger partial charge in [-0.1, -0.05) is 17.7 Å². The van der Waals surface area contributed by atoms with Crippen LogP contribution >= 0.6 is 11.6 Å². The Labute approximate surface area is 138 Å². The fourth-order valence-corrected chi connectivity index (χ4v) is 3.34. The predicted octanol–water partition coefficient (Wildman–Crippen LogP) is 4.26. The molecule has 114 valence electrons. The van der Waals surface area contributed by atoms with Crippen molar-refractivity contribution < 1.29 is 0 Å². The molecule has 1 saturated carbocycles. The first kappa shape index (κ1) is 13.1. The van der Waals surface area contributed by atoms with Crippen molar-refractivity contribution in [2.24, 2.45) is 0 Å². The summed E-state index contributed by atoms with van der Waals surface area (Å²) in [6.45, 7) is 0.775. The standard InChI is InChI=1S/C18H15ClN4/c19-18-6-17-16(7-20-18)21-11-23(17)9-12-5-15-4-3-14(13-1-2-13)10-22(15)8-12/h3-8,10-11,13H,1-2,9H2. The summed E-state index contributed by atoms with van der Waals surface area (Å²) >= 11 is 6.01. The summed E-state index contributed by atoms with van der Waals surface area (Å²) in [5.74, 6) is 0.775. The number of fused-ring (bicyclic) bond motifs is 2. The smallest absolute Gasteiger partial charge is 0.131 e. The van der Waals surface area contributed by atoms with E-state index in [1.165, 1.54) is 29.5 Å². The number of rotatable bonds is 3. The largest absolute Gasteiger partial charge is 0.326 e. The van der Waals surface area contributed by atoms with Gasteiger partial charge in [0, 0.05) is 24.0 Å². The van der Waals surface area contributed by atoms with Crippen LogP contribution in [0.15, 0.2) is 49.2 Å². The lowest BCUT2D eigenvalue weighted by molar-refractivity contribution is 0.824. The van der Waals surface area contributed by atoms with Crippen LogP contribution in [0, 0.1) is 0 Å². The van der Waals surface area contributed by atoms with Crippen LogP contribution in [0.25, 0.3) is 16.6 Å². The first-order valence-electron chi connectivity index (χ1n) is 7.83. The Morgan fingerprint density at radius 2 is 2.04 bits per heavy atom. The summed E-state index contributed by atoms with van der Waals surface area (Å²) in [7, 11) is 0. The normalized spacial score (nSPS) is 14.8. The Kier molecular flexibility index (Phi) is 2.76. The quantitative estimate of drug-likeness (QED) is 0.528. The van der Waals surface area contributed by atoms with Crippen LogP contribution in [0.5, 0.6) is 0 Å². The molecule has 23 heavy (non-hydrogen) atoms. The fraction of sp³-hybridized carbons (Fsp3) is 0.222. The molecule has 0 radical (unpaired) electrons. The van der Waals surface area contributed by atoms with Gasteiger partial charge < -0.3 is 8.97 Å². The van der Waals surface area contributed by atoms with E-state index in [0.29, 0.717) is 5.15 Å². The Bertz CT molecular complexity index is 1030. The lowest BCUT2D eigenvalue weighted by atomic mass is 10.2. The molecule has 0 spiro atoms. The number of hydrogen-bond acceptors (Lipinski definition) is 2. The summed E-state index contributed by atoms with van der Waals surface area (Å²) in [5, 5.41) is 0.496. The zero-order chi connectivity index (χ0) is 15.4. The van der Waals surface area contributed by atoms with Crippen molar-refractivity contribution >= 4 is 28.2 Å².